The zero-order valence-electron chi connectivity index (χ0n) is 9.19. The second-order valence-corrected chi connectivity index (χ2v) is 4.76. The standard InChI is InChI=1S/C11H9ClFN3OS/c12-6-5-9(17)14-11-16-15-10(18-11)7-1-3-8(13)4-2-7/h1-4H,5-6H2,(H,14,16,17). The molecular formula is C11H9ClFN3OS. The molecule has 0 saturated carbocycles. The maximum Gasteiger partial charge on any atom is 0.227 e. The number of carbonyl (C=O) groups is 1. The molecule has 7 heteroatoms. The van der Waals surface area contributed by atoms with Gasteiger partial charge in [0.2, 0.25) is 11.0 Å². The third-order valence-electron chi connectivity index (χ3n) is 2.08. The largest absolute Gasteiger partial charge is 0.300 e. The average molecular weight is 286 g/mol. The Morgan fingerprint density at radius 3 is 2.72 bits per heavy atom. The van der Waals surface area contributed by atoms with Crippen molar-refractivity contribution in [2.45, 2.75) is 6.42 Å². The first kappa shape index (κ1) is 12.9. The van der Waals surface area contributed by atoms with E-state index in [9.17, 15) is 9.18 Å². The monoisotopic (exact) mass is 285 g/mol. The quantitative estimate of drug-likeness (QED) is 0.879. The molecule has 1 amide bonds. The molecule has 1 aromatic heterocycles. The molecule has 2 aromatic rings. The Labute approximate surface area is 112 Å². The molecule has 1 aromatic carbocycles. The number of carbonyl (C=O) groups excluding carboxylic acids is 1. The fourth-order valence-electron chi connectivity index (χ4n) is 1.25. The van der Waals surface area contributed by atoms with Crippen molar-refractivity contribution in [3.63, 3.8) is 0 Å². The van der Waals surface area contributed by atoms with Gasteiger partial charge in [-0.05, 0) is 24.3 Å². The third-order valence-corrected chi connectivity index (χ3v) is 3.16. The van der Waals surface area contributed by atoms with Gasteiger partial charge < -0.3 is 5.32 Å². The third kappa shape index (κ3) is 3.24. The molecule has 1 heterocycles. The van der Waals surface area contributed by atoms with Gasteiger partial charge in [0.1, 0.15) is 10.8 Å². The number of hydrogen-bond donors (Lipinski definition) is 1. The lowest BCUT2D eigenvalue weighted by Crippen LogP contribution is -2.11. The smallest absolute Gasteiger partial charge is 0.227 e. The molecule has 94 valence electrons. The Kier molecular flexibility index (Phi) is 4.22. The number of amides is 1. The van der Waals surface area contributed by atoms with Crippen molar-refractivity contribution in [2.75, 3.05) is 11.2 Å². The second kappa shape index (κ2) is 5.88. The molecule has 18 heavy (non-hydrogen) atoms. The van der Waals surface area contributed by atoms with Gasteiger partial charge in [0.15, 0.2) is 0 Å². The lowest BCUT2D eigenvalue weighted by atomic mass is 10.2. The van der Waals surface area contributed by atoms with E-state index in [0.29, 0.717) is 10.1 Å². The fraction of sp³-hybridized carbons (Fsp3) is 0.182. The van der Waals surface area contributed by atoms with E-state index in [-0.39, 0.29) is 24.0 Å². The van der Waals surface area contributed by atoms with Crippen molar-refractivity contribution in [1.29, 1.82) is 0 Å². The van der Waals surface area contributed by atoms with Crippen LogP contribution in [-0.4, -0.2) is 22.0 Å². The van der Waals surface area contributed by atoms with Gasteiger partial charge in [-0.15, -0.1) is 21.8 Å². The molecule has 0 aliphatic rings. The SMILES string of the molecule is O=C(CCCl)Nc1nnc(-c2ccc(F)cc2)s1. The zero-order chi connectivity index (χ0) is 13.0. The van der Waals surface area contributed by atoms with Crippen LogP contribution in [0.1, 0.15) is 6.42 Å². The molecule has 0 bridgehead atoms. The van der Waals surface area contributed by atoms with E-state index in [0.717, 1.165) is 5.56 Å². The fourth-order valence-corrected chi connectivity index (χ4v) is 2.19. The average Bonchev–Trinajstić information content (AvgIpc) is 2.78. The molecule has 0 unspecified atom stereocenters. The van der Waals surface area contributed by atoms with E-state index in [1.54, 1.807) is 12.1 Å². The number of nitrogens with one attached hydrogen (secondary N) is 1. The first-order valence-electron chi connectivity index (χ1n) is 5.14. The van der Waals surface area contributed by atoms with Crippen LogP contribution >= 0.6 is 22.9 Å². The van der Waals surface area contributed by atoms with Crippen LogP contribution in [-0.2, 0) is 4.79 Å². The molecule has 4 nitrogen and oxygen atoms in total. The summed E-state index contributed by atoms with van der Waals surface area (Å²) in [7, 11) is 0. The van der Waals surface area contributed by atoms with Crippen molar-refractivity contribution in [3.8, 4) is 10.6 Å². The topological polar surface area (TPSA) is 54.9 Å². The van der Waals surface area contributed by atoms with Crippen LogP contribution in [0.2, 0.25) is 0 Å². The molecule has 0 aliphatic carbocycles. The number of hydrogen-bond acceptors (Lipinski definition) is 4. The van der Waals surface area contributed by atoms with Crippen LogP contribution in [0.25, 0.3) is 10.6 Å². The summed E-state index contributed by atoms with van der Waals surface area (Å²) in [6.45, 7) is 0. The first-order chi connectivity index (χ1) is 8.69. The van der Waals surface area contributed by atoms with Gasteiger partial charge in [-0.3, -0.25) is 4.79 Å². The molecule has 0 saturated heterocycles. The first-order valence-corrected chi connectivity index (χ1v) is 6.49. The summed E-state index contributed by atoms with van der Waals surface area (Å²) in [5, 5.41) is 11.4. The summed E-state index contributed by atoms with van der Waals surface area (Å²) < 4.78 is 12.8. The van der Waals surface area contributed by atoms with E-state index in [2.05, 4.69) is 15.5 Å². The highest BCUT2D eigenvalue weighted by atomic mass is 35.5. The zero-order valence-corrected chi connectivity index (χ0v) is 10.8. The van der Waals surface area contributed by atoms with Crippen LogP contribution in [0, 0.1) is 5.82 Å². The van der Waals surface area contributed by atoms with Gasteiger partial charge in [-0.1, -0.05) is 11.3 Å². The summed E-state index contributed by atoms with van der Waals surface area (Å²) in [6, 6.07) is 5.92. The Morgan fingerprint density at radius 2 is 2.06 bits per heavy atom. The number of aromatic nitrogens is 2. The van der Waals surface area contributed by atoms with Crippen LogP contribution in [0.3, 0.4) is 0 Å². The normalized spacial score (nSPS) is 10.3. The number of nitrogens with zero attached hydrogens (tertiary/aromatic N) is 2. The van der Waals surface area contributed by atoms with Gasteiger partial charge in [-0.2, -0.15) is 0 Å². The summed E-state index contributed by atoms with van der Waals surface area (Å²) in [5.41, 5.74) is 0.756. The number of benzene rings is 1. The van der Waals surface area contributed by atoms with E-state index in [1.165, 1.54) is 23.5 Å². The molecule has 0 spiro atoms. The van der Waals surface area contributed by atoms with Crippen molar-refractivity contribution in [2.24, 2.45) is 0 Å². The maximum absolute atomic E-state index is 12.8. The predicted octanol–water partition coefficient (Wildman–Crippen LogP) is 2.91. The van der Waals surface area contributed by atoms with E-state index in [4.69, 9.17) is 11.6 Å². The minimum Gasteiger partial charge on any atom is -0.300 e. The summed E-state index contributed by atoms with van der Waals surface area (Å²) >= 11 is 6.68. The molecule has 0 radical (unpaired) electrons. The Hall–Kier alpha value is -1.53. The van der Waals surface area contributed by atoms with Gasteiger partial charge in [-0.25, -0.2) is 4.39 Å². The number of anilines is 1. The Morgan fingerprint density at radius 1 is 1.33 bits per heavy atom. The summed E-state index contributed by atoms with van der Waals surface area (Å²) in [6.07, 6.45) is 0.229. The van der Waals surface area contributed by atoms with Gasteiger partial charge in [0.25, 0.3) is 0 Å². The minimum atomic E-state index is -0.307. The molecule has 0 atom stereocenters. The van der Waals surface area contributed by atoms with Crippen molar-refractivity contribution in [3.05, 3.63) is 30.1 Å². The minimum absolute atomic E-state index is 0.202. The van der Waals surface area contributed by atoms with Crippen LogP contribution in [0.15, 0.2) is 24.3 Å². The van der Waals surface area contributed by atoms with Crippen LogP contribution < -0.4 is 5.32 Å². The predicted molar refractivity (Wildman–Crippen MR) is 69.3 cm³/mol. The lowest BCUT2D eigenvalue weighted by molar-refractivity contribution is -0.115. The van der Waals surface area contributed by atoms with Gasteiger partial charge in [0, 0.05) is 17.9 Å². The summed E-state index contributed by atoms with van der Waals surface area (Å²) in [4.78, 5) is 11.3. The summed E-state index contributed by atoms with van der Waals surface area (Å²) in [5.74, 6) is -0.249. The van der Waals surface area contributed by atoms with Crippen molar-refractivity contribution < 1.29 is 9.18 Å². The van der Waals surface area contributed by atoms with E-state index < -0.39 is 0 Å². The number of alkyl halides is 1. The second-order valence-electron chi connectivity index (χ2n) is 3.41. The Bertz CT molecular complexity index is 543. The van der Waals surface area contributed by atoms with E-state index >= 15 is 0 Å². The van der Waals surface area contributed by atoms with Gasteiger partial charge in [0.05, 0.1) is 0 Å². The molecule has 2 rings (SSSR count). The highest BCUT2D eigenvalue weighted by Gasteiger charge is 2.09. The molecule has 1 N–H and O–H groups in total. The maximum atomic E-state index is 12.8. The Balaban J connectivity index is 2.10. The highest BCUT2D eigenvalue weighted by molar-refractivity contribution is 7.18. The lowest BCUT2D eigenvalue weighted by Gasteiger charge is -1.96. The number of rotatable bonds is 4. The van der Waals surface area contributed by atoms with Gasteiger partial charge >= 0.3 is 0 Å². The van der Waals surface area contributed by atoms with Crippen LogP contribution in [0.5, 0.6) is 0 Å². The molecule has 0 aliphatic heterocycles. The highest BCUT2D eigenvalue weighted by Crippen LogP contribution is 2.26. The molecular weight excluding hydrogens is 277 g/mol. The molecule has 0 fully saturated rings. The van der Waals surface area contributed by atoms with Crippen LogP contribution in [0.4, 0.5) is 9.52 Å². The van der Waals surface area contributed by atoms with Crippen molar-refractivity contribution in [1.82, 2.24) is 10.2 Å². The van der Waals surface area contributed by atoms with Crippen molar-refractivity contribution >= 4 is 34.0 Å². The van der Waals surface area contributed by atoms with E-state index in [1.807, 2.05) is 0 Å². The number of halogens is 2.